The van der Waals surface area contributed by atoms with Crippen molar-refractivity contribution in [3.8, 4) is 5.75 Å². The van der Waals surface area contributed by atoms with Crippen molar-refractivity contribution in [2.24, 2.45) is 5.92 Å². The number of nitrogens with zero attached hydrogens (tertiary/aromatic N) is 2. The van der Waals surface area contributed by atoms with Gasteiger partial charge in [0.05, 0.1) is 5.39 Å². The van der Waals surface area contributed by atoms with Crippen molar-refractivity contribution < 1.29 is 13.9 Å². The minimum Gasteiger partial charge on any atom is -0.483 e. The quantitative estimate of drug-likeness (QED) is 0.348. The van der Waals surface area contributed by atoms with E-state index in [1.54, 1.807) is 18.2 Å². The van der Waals surface area contributed by atoms with E-state index in [1.165, 1.54) is 0 Å². The Labute approximate surface area is 195 Å². The lowest BCUT2D eigenvalue weighted by Gasteiger charge is -2.42. The molecule has 2 bridgehead atoms. The summed E-state index contributed by atoms with van der Waals surface area (Å²) in [6.45, 7) is 3.59. The second-order valence-corrected chi connectivity index (χ2v) is 9.29. The summed E-state index contributed by atoms with van der Waals surface area (Å²) in [5.41, 5.74) is 1.81. The van der Waals surface area contributed by atoms with E-state index in [9.17, 15) is 14.4 Å². The molecule has 7 heteroatoms. The number of aryl methyl sites for hydroxylation is 1. The number of carbonyl (C=O) groups excluding carboxylic acids is 1. The highest BCUT2D eigenvalue weighted by atomic mass is 16.5. The molecular weight excluding hydrogens is 432 g/mol. The van der Waals surface area contributed by atoms with E-state index in [0.717, 1.165) is 22.9 Å². The summed E-state index contributed by atoms with van der Waals surface area (Å²) in [5, 5.41) is 2.21. The van der Waals surface area contributed by atoms with Gasteiger partial charge in [-0.3, -0.25) is 9.59 Å². The van der Waals surface area contributed by atoms with Crippen LogP contribution in [0, 0.1) is 12.8 Å². The molecule has 0 radical (unpaired) electrons. The molecular formula is C27H24N2O5. The van der Waals surface area contributed by atoms with Gasteiger partial charge in [0.15, 0.2) is 6.61 Å². The summed E-state index contributed by atoms with van der Waals surface area (Å²) in [6, 6.07) is 16.4. The zero-order valence-corrected chi connectivity index (χ0v) is 18.8. The van der Waals surface area contributed by atoms with Crippen molar-refractivity contribution in [3.05, 3.63) is 86.6 Å². The normalized spacial score (nSPS) is 19.3. The number of hydrogen-bond acceptors (Lipinski definition) is 5. The highest BCUT2D eigenvalue weighted by molar-refractivity contribution is 6.05. The summed E-state index contributed by atoms with van der Waals surface area (Å²) in [7, 11) is 0. The number of ether oxygens (including phenoxy) is 1. The lowest BCUT2D eigenvalue weighted by atomic mass is 9.83. The van der Waals surface area contributed by atoms with Crippen LogP contribution in [-0.4, -0.2) is 35.1 Å². The largest absolute Gasteiger partial charge is 0.483 e. The standard InChI is InChI=1S/C27H24N2O5/c1-16-23(10-9-20-19-5-2-3-6-21(19)27(32)34-26(16)20)33-15-25(31)28-12-17-11-18(14-28)22-7-4-8-24(30)29(22)13-17/h2-10,17-18H,11-15H2,1H3. The van der Waals surface area contributed by atoms with Crippen LogP contribution in [0.5, 0.6) is 5.75 Å². The Bertz CT molecular complexity index is 1570. The highest BCUT2D eigenvalue weighted by Crippen LogP contribution is 2.35. The van der Waals surface area contributed by atoms with Crippen LogP contribution in [-0.2, 0) is 11.3 Å². The molecule has 172 valence electrons. The second-order valence-electron chi connectivity index (χ2n) is 9.29. The molecule has 2 aliphatic rings. The maximum absolute atomic E-state index is 13.0. The van der Waals surface area contributed by atoms with Gasteiger partial charge in [0.1, 0.15) is 11.3 Å². The number of hydrogen-bond donors (Lipinski definition) is 0. The van der Waals surface area contributed by atoms with Gasteiger partial charge in [0.25, 0.3) is 11.5 Å². The van der Waals surface area contributed by atoms with Crippen molar-refractivity contribution in [2.75, 3.05) is 19.7 Å². The van der Waals surface area contributed by atoms with E-state index in [0.29, 0.717) is 41.9 Å². The third-order valence-corrected chi connectivity index (χ3v) is 7.17. The number of aromatic nitrogens is 1. The molecule has 34 heavy (non-hydrogen) atoms. The number of pyridine rings is 1. The van der Waals surface area contributed by atoms with E-state index in [4.69, 9.17) is 9.15 Å². The van der Waals surface area contributed by atoms with Crippen LogP contribution >= 0.6 is 0 Å². The van der Waals surface area contributed by atoms with Crippen LogP contribution in [0.2, 0.25) is 0 Å². The van der Waals surface area contributed by atoms with Crippen LogP contribution in [0.15, 0.2) is 68.6 Å². The molecule has 0 saturated carbocycles. The van der Waals surface area contributed by atoms with Crippen molar-refractivity contribution in [1.82, 2.24) is 9.47 Å². The molecule has 4 aromatic rings. The minimum absolute atomic E-state index is 0.0292. The molecule has 6 rings (SSSR count). The molecule has 0 N–H and O–H groups in total. The first-order chi connectivity index (χ1) is 16.5. The number of rotatable bonds is 3. The highest BCUT2D eigenvalue weighted by Gasteiger charge is 2.36. The van der Waals surface area contributed by atoms with Crippen LogP contribution in [0.3, 0.4) is 0 Å². The summed E-state index contributed by atoms with van der Waals surface area (Å²) < 4.78 is 13.4. The van der Waals surface area contributed by atoms with E-state index >= 15 is 0 Å². The molecule has 2 atom stereocenters. The Hall–Kier alpha value is -3.87. The number of benzene rings is 2. The van der Waals surface area contributed by atoms with Crippen molar-refractivity contribution >= 4 is 27.6 Å². The zero-order valence-electron chi connectivity index (χ0n) is 18.8. The van der Waals surface area contributed by atoms with Crippen molar-refractivity contribution in [3.63, 3.8) is 0 Å². The Balaban J connectivity index is 1.22. The van der Waals surface area contributed by atoms with Gasteiger partial charge in [-0.05, 0) is 48.9 Å². The van der Waals surface area contributed by atoms with Gasteiger partial charge in [0, 0.05) is 48.3 Å². The Morgan fingerprint density at radius 3 is 2.65 bits per heavy atom. The van der Waals surface area contributed by atoms with Gasteiger partial charge in [-0.1, -0.05) is 24.3 Å². The molecule has 1 saturated heterocycles. The van der Waals surface area contributed by atoms with Crippen molar-refractivity contribution in [2.45, 2.75) is 25.8 Å². The van der Waals surface area contributed by atoms with Crippen LogP contribution < -0.4 is 15.9 Å². The first kappa shape index (κ1) is 20.7. The monoisotopic (exact) mass is 456 g/mol. The minimum atomic E-state index is -0.390. The predicted molar refractivity (Wildman–Crippen MR) is 128 cm³/mol. The first-order valence-corrected chi connectivity index (χ1v) is 11.5. The van der Waals surface area contributed by atoms with Crippen LogP contribution in [0.4, 0.5) is 0 Å². The third kappa shape index (κ3) is 3.31. The molecule has 1 amide bonds. The molecule has 2 aromatic heterocycles. The molecule has 1 fully saturated rings. The van der Waals surface area contributed by atoms with Gasteiger partial charge in [-0.15, -0.1) is 0 Å². The smallest absolute Gasteiger partial charge is 0.344 e. The van der Waals surface area contributed by atoms with Gasteiger partial charge >= 0.3 is 5.63 Å². The molecule has 7 nitrogen and oxygen atoms in total. The maximum atomic E-state index is 13.0. The van der Waals surface area contributed by atoms with Crippen LogP contribution in [0.25, 0.3) is 21.7 Å². The molecule has 2 unspecified atom stereocenters. The lowest BCUT2D eigenvalue weighted by molar-refractivity contribution is -0.136. The van der Waals surface area contributed by atoms with Gasteiger partial charge in [-0.25, -0.2) is 4.79 Å². The summed E-state index contributed by atoms with van der Waals surface area (Å²) in [5.74, 6) is 0.866. The molecule has 2 aromatic carbocycles. The maximum Gasteiger partial charge on any atom is 0.344 e. The van der Waals surface area contributed by atoms with E-state index < -0.39 is 5.63 Å². The number of fused-ring (bicyclic) bond motifs is 7. The van der Waals surface area contributed by atoms with Gasteiger partial charge in [0.2, 0.25) is 0 Å². The van der Waals surface area contributed by atoms with Gasteiger partial charge < -0.3 is 18.6 Å². The fraction of sp³-hybridized carbons (Fsp3) is 0.296. The Morgan fingerprint density at radius 2 is 1.79 bits per heavy atom. The van der Waals surface area contributed by atoms with E-state index in [-0.39, 0.29) is 29.9 Å². The lowest BCUT2D eigenvalue weighted by Crippen LogP contribution is -2.50. The summed E-state index contributed by atoms with van der Waals surface area (Å²) in [4.78, 5) is 39.6. The molecule has 0 spiro atoms. The number of piperidine rings is 1. The van der Waals surface area contributed by atoms with E-state index in [2.05, 4.69) is 0 Å². The third-order valence-electron chi connectivity index (χ3n) is 7.17. The first-order valence-electron chi connectivity index (χ1n) is 11.5. The summed E-state index contributed by atoms with van der Waals surface area (Å²) >= 11 is 0. The number of amides is 1. The van der Waals surface area contributed by atoms with Gasteiger partial charge in [-0.2, -0.15) is 0 Å². The SMILES string of the molecule is Cc1c(OCC(=O)N2CC3CC(C2)c2cccc(=O)n2C3)ccc2c1oc(=O)c1ccccc12. The average molecular weight is 456 g/mol. The van der Waals surface area contributed by atoms with Crippen LogP contribution in [0.1, 0.15) is 23.6 Å². The Morgan fingerprint density at radius 1 is 0.971 bits per heavy atom. The average Bonchev–Trinajstić information content (AvgIpc) is 2.85. The zero-order chi connectivity index (χ0) is 23.4. The number of carbonyl (C=O) groups is 1. The molecule has 0 aliphatic carbocycles. The second kappa shape index (κ2) is 7.87. The fourth-order valence-electron chi connectivity index (χ4n) is 5.55. The predicted octanol–water partition coefficient (Wildman–Crippen LogP) is 3.44. The molecule has 2 aliphatic heterocycles. The van der Waals surface area contributed by atoms with Crippen molar-refractivity contribution in [1.29, 1.82) is 0 Å². The van der Waals surface area contributed by atoms with E-state index in [1.807, 2.05) is 52.8 Å². The fourth-order valence-corrected chi connectivity index (χ4v) is 5.55. The molecule has 4 heterocycles. The topological polar surface area (TPSA) is 81.8 Å². The Kier molecular flexibility index (Phi) is 4.79. The number of likely N-dealkylation sites (tertiary alicyclic amines) is 1. The summed E-state index contributed by atoms with van der Waals surface area (Å²) in [6.07, 6.45) is 0.991.